The van der Waals surface area contributed by atoms with Crippen LogP contribution >= 0.6 is 0 Å². The van der Waals surface area contributed by atoms with Gasteiger partial charge < -0.3 is 24.7 Å². The Hall–Kier alpha value is -4.06. The Morgan fingerprint density at radius 3 is 1.96 bits per heavy atom. The number of nitrogens with zero attached hydrogens (tertiary/aromatic N) is 5. The highest BCUT2D eigenvalue weighted by molar-refractivity contribution is 5.85. The third-order valence-corrected chi connectivity index (χ3v) is 7.63. The summed E-state index contributed by atoms with van der Waals surface area (Å²) >= 11 is 0. The first kappa shape index (κ1) is 36.4. The van der Waals surface area contributed by atoms with E-state index in [2.05, 4.69) is 19.8 Å². The van der Waals surface area contributed by atoms with Gasteiger partial charge in [0.2, 0.25) is 11.9 Å². The van der Waals surface area contributed by atoms with Gasteiger partial charge in [-0.2, -0.15) is 26.3 Å². The summed E-state index contributed by atoms with van der Waals surface area (Å²) in [7, 11) is 0. The van der Waals surface area contributed by atoms with Gasteiger partial charge in [0.05, 0.1) is 18.6 Å². The van der Waals surface area contributed by atoms with E-state index in [-0.39, 0.29) is 17.6 Å². The van der Waals surface area contributed by atoms with Gasteiger partial charge >= 0.3 is 24.3 Å². The third kappa shape index (κ3) is 9.97. The maximum Gasteiger partial charge on any atom is 0.490 e. The molecule has 18 heteroatoms. The molecule has 2 atom stereocenters. The standard InChI is InChI=1S/C24H30FN5O2.2C2HF3O2/c25-21-5-3-19(4-6-21)15-28-10-1-7-24(22(31)29-11-13-32-14-12-29)18-30(17-20(24)16-28)23-26-8-2-9-27-23;2*3-2(4,5)1(6)7/h2-6,8-9,20H,1,7,10-18H2;2*(H,6,7)/t20-,24-;;/m0../s1. The van der Waals surface area contributed by atoms with Gasteiger partial charge in [-0.15, -0.1) is 0 Å². The molecule has 46 heavy (non-hydrogen) atoms. The van der Waals surface area contributed by atoms with Crippen molar-refractivity contribution >= 4 is 23.8 Å². The molecule has 0 bridgehead atoms. The smallest absolute Gasteiger partial charge is 0.475 e. The van der Waals surface area contributed by atoms with E-state index in [9.17, 15) is 35.5 Å². The number of hydrogen-bond acceptors (Lipinski definition) is 8. The Bertz CT molecular complexity index is 1290. The minimum Gasteiger partial charge on any atom is -0.475 e. The molecule has 2 N–H and O–H groups in total. The monoisotopic (exact) mass is 667 g/mol. The fourth-order valence-corrected chi connectivity index (χ4v) is 5.54. The second kappa shape index (κ2) is 15.5. The Labute approximate surface area is 258 Å². The van der Waals surface area contributed by atoms with Gasteiger partial charge in [-0.1, -0.05) is 12.1 Å². The number of anilines is 1. The molecule has 0 saturated carbocycles. The lowest BCUT2D eigenvalue weighted by Crippen LogP contribution is -2.52. The molecule has 3 saturated heterocycles. The lowest BCUT2D eigenvalue weighted by Gasteiger charge is -2.38. The Morgan fingerprint density at radius 1 is 0.891 bits per heavy atom. The lowest BCUT2D eigenvalue weighted by molar-refractivity contribution is -0.193. The van der Waals surface area contributed by atoms with Crippen molar-refractivity contribution in [3.63, 3.8) is 0 Å². The number of hydrogen-bond donors (Lipinski definition) is 2. The molecule has 3 fully saturated rings. The van der Waals surface area contributed by atoms with Crippen LogP contribution < -0.4 is 4.90 Å². The summed E-state index contributed by atoms with van der Waals surface area (Å²) in [5.74, 6) is -4.59. The van der Waals surface area contributed by atoms with Crippen LogP contribution in [-0.4, -0.2) is 113 Å². The second-order valence-corrected chi connectivity index (χ2v) is 10.8. The van der Waals surface area contributed by atoms with E-state index in [4.69, 9.17) is 24.5 Å². The fourth-order valence-electron chi connectivity index (χ4n) is 5.54. The predicted molar refractivity (Wildman–Crippen MR) is 146 cm³/mol. The quantitative estimate of drug-likeness (QED) is 0.467. The van der Waals surface area contributed by atoms with Crippen LogP contribution in [0.3, 0.4) is 0 Å². The number of carboxylic acids is 2. The van der Waals surface area contributed by atoms with E-state index < -0.39 is 29.7 Å². The molecule has 4 heterocycles. The summed E-state index contributed by atoms with van der Waals surface area (Å²) in [6.45, 7) is 6.49. The van der Waals surface area contributed by atoms with Crippen LogP contribution in [0.1, 0.15) is 18.4 Å². The first-order chi connectivity index (χ1) is 21.5. The molecular formula is C28H32F7N5O6. The molecule has 2 aromatic rings. The molecule has 1 amide bonds. The third-order valence-electron chi connectivity index (χ3n) is 7.63. The molecule has 0 spiro atoms. The number of ether oxygens (including phenoxy) is 1. The Kier molecular flexibility index (Phi) is 12.3. The van der Waals surface area contributed by atoms with Crippen LogP contribution in [0.15, 0.2) is 42.7 Å². The highest BCUT2D eigenvalue weighted by Crippen LogP contribution is 2.45. The molecule has 3 aliphatic heterocycles. The number of morpholine rings is 1. The number of alkyl halides is 6. The molecule has 5 rings (SSSR count). The summed E-state index contributed by atoms with van der Waals surface area (Å²) in [4.78, 5) is 47.2. The largest absolute Gasteiger partial charge is 0.490 e. The molecule has 3 aliphatic rings. The predicted octanol–water partition coefficient (Wildman–Crippen LogP) is 3.46. The number of likely N-dealkylation sites (tertiary alicyclic amines) is 1. The Morgan fingerprint density at radius 2 is 1.43 bits per heavy atom. The molecule has 1 aromatic heterocycles. The number of amides is 1. The van der Waals surface area contributed by atoms with Crippen molar-refractivity contribution in [1.82, 2.24) is 19.8 Å². The average molecular weight is 668 g/mol. The van der Waals surface area contributed by atoms with Gasteiger partial charge in [0.1, 0.15) is 5.82 Å². The number of fused-ring (bicyclic) bond motifs is 1. The van der Waals surface area contributed by atoms with E-state index in [1.807, 2.05) is 23.1 Å². The van der Waals surface area contributed by atoms with Crippen LogP contribution in [0.25, 0.3) is 0 Å². The number of carbonyl (C=O) groups excluding carboxylic acids is 1. The SMILES string of the molecule is O=C(N1CCOCC1)[C@]12CCCN(Cc3ccc(F)cc3)C[C@H]1CN(c1ncccn1)C2.O=C(O)C(F)(F)F.O=C(O)C(F)(F)F. The number of benzene rings is 1. The van der Waals surface area contributed by atoms with E-state index in [1.54, 1.807) is 12.4 Å². The molecule has 11 nitrogen and oxygen atoms in total. The second-order valence-electron chi connectivity index (χ2n) is 10.8. The van der Waals surface area contributed by atoms with Crippen LogP contribution in [0, 0.1) is 17.2 Å². The van der Waals surface area contributed by atoms with Gasteiger partial charge in [-0.25, -0.2) is 23.9 Å². The van der Waals surface area contributed by atoms with Crippen LogP contribution in [0.5, 0.6) is 0 Å². The molecule has 0 aliphatic carbocycles. The van der Waals surface area contributed by atoms with E-state index in [0.29, 0.717) is 38.8 Å². The summed E-state index contributed by atoms with van der Waals surface area (Å²) in [5.41, 5.74) is 0.660. The van der Waals surface area contributed by atoms with Crippen molar-refractivity contribution in [2.24, 2.45) is 11.3 Å². The maximum absolute atomic E-state index is 13.9. The number of aliphatic carboxylic acids is 2. The van der Waals surface area contributed by atoms with Crippen LogP contribution in [0.4, 0.5) is 36.7 Å². The first-order valence-corrected chi connectivity index (χ1v) is 14.0. The first-order valence-electron chi connectivity index (χ1n) is 14.0. The van der Waals surface area contributed by atoms with Gasteiger partial charge in [-0.05, 0) is 43.1 Å². The van der Waals surface area contributed by atoms with Gasteiger partial charge in [0, 0.05) is 57.6 Å². The van der Waals surface area contributed by atoms with Crippen molar-refractivity contribution in [2.45, 2.75) is 31.7 Å². The fraction of sp³-hybridized carbons (Fsp3) is 0.536. The van der Waals surface area contributed by atoms with E-state index in [0.717, 1.165) is 44.6 Å². The van der Waals surface area contributed by atoms with Gasteiger partial charge in [0.25, 0.3) is 0 Å². The molecule has 0 unspecified atom stereocenters. The number of halogens is 7. The molecule has 254 valence electrons. The van der Waals surface area contributed by atoms with E-state index in [1.165, 1.54) is 12.1 Å². The zero-order valence-corrected chi connectivity index (χ0v) is 24.3. The average Bonchev–Trinajstić information content (AvgIpc) is 3.28. The minimum absolute atomic E-state index is 0.185. The summed E-state index contributed by atoms with van der Waals surface area (Å²) < 4.78 is 82.3. The summed E-state index contributed by atoms with van der Waals surface area (Å²) in [6, 6.07) is 8.56. The van der Waals surface area contributed by atoms with E-state index >= 15 is 0 Å². The summed E-state index contributed by atoms with van der Waals surface area (Å²) in [6.07, 6.45) is -4.84. The topological polar surface area (TPSA) is 136 Å². The highest BCUT2D eigenvalue weighted by Gasteiger charge is 2.55. The van der Waals surface area contributed by atoms with Crippen molar-refractivity contribution in [3.8, 4) is 0 Å². The maximum atomic E-state index is 13.9. The van der Waals surface area contributed by atoms with Crippen molar-refractivity contribution in [3.05, 3.63) is 54.1 Å². The van der Waals surface area contributed by atoms with Crippen molar-refractivity contribution < 1.29 is 60.1 Å². The van der Waals surface area contributed by atoms with Crippen molar-refractivity contribution in [2.75, 3.05) is 57.4 Å². The Balaban J connectivity index is 0.000000345. The number of carboxylic acid groups (broad SMARTS) is 2. The summed E-state index contributed by atoms with van der Waals surface area (Å²) in [5, 5.41) is 14.2. The molecule has 0 radical (unpaired) electrons. The van der Waals surface area contributed by atoms with Crippen LogP contribution in [0.2, 0.25) is 0 Å². The van der Waals surface area contributed by atoms with Gasteiger partial charge in [-0.3, -0.25) is 9.69 Å². The number of aromatic nitrogens is 2. The highest BCUT2D eigenvalue weighted by atomic mass is 19.4. The normalized spacial score (nSPS) is 21.9. The zero-order valence-electron chi connectivity index (χ0n) is 24.3. The lowest BCUT2D eigenvalue weighted by atomic mass is 9.73. The van der Waals surface area contributed by atoms with Gasteiger partial charge in [0.15, 0.2) is 0 Å². The van der Waals surface area contributed by atoms with Crippen LogP contribution in [-0.2, 0) is 25.7 Å². The van der Waals surface area contributed by atoms with Crippen molar-refractivity contribution in [1.29, 1.82) is 0 Å². The molecule has 1 aromatic carbocycles. The number of carbonyl (C=O) groups is 3. The zero-order chi connectivity index (χ0) is 34.1. The minimum atomic E-state index is -5.08. The number of rotatable bonds is 4. The molecular weight excluding hydrogens is 635 g/mol.